The Morgan fingerprint density at radius 2 is 1.86 bits per heavy atom. The number of benzene rings is 2. The molecule has 1 aromatic heterocycles. The van der Waals surface area contributed by atoms with Gasteiger partial charge in [0.05, 0.1) is 36.9 Å². The molecule has 4 rings (SSSR count). The van der Waals surface area contributed by atoms with Crippen molar-refractivity contribution in [3.63, 3.8) is 0 Å². The van der Waals surface area contributed by atoms with Gasteiger partial charge in [0.15, 0.2) is 0 Å². The molecule has 0 atom stereocenters. The molecule has 0 bridgehead atoms. The number of carbonyl (C=O) groups excluding carboxylic acids is 2. The molecule has 36 heavy (non-hydrogen) atoms. The molecule has 1 amide bonds. The van der Waals surface area contributed by atoms with Crippen LogP contribution < -0.4 is 14.8 Å². The van der Waals surface area contributed by atoms with E-state index in [1.807, 2.05) is 24.3 Å². The molecule has 2 aromatic carbocycles. The molecule has 0 radical (unpaired) electrons. The lowest BCUT2D eigenvalue weighted by Gasteiger charge is -2.17. The summed E-state index contributed by atoms with van der Waals surface area (Å²) in [6.07, 6.45) is 2.84. The van der Waals surface area contributed by atoms with E-state index >= 15 is 0 Å². The number of hydrogen-bond acceptors (Lipinski definition) is 7. The number of methoxy groups -OCH3 is 1. The molecule has 0 saturated heterocycles. The summed E-state index contributed by atoms with van der Waals surface area (Å²) in [4.78, 5) is 27.9. The molecule has 0 saturated carbocycles. The van der Waals surface area contributed by atoms with E-state index < -0.39 is 10.0 Å². The zero-order valence-electron chi connectivity index (χ0n) is 20.0. The number of esters is 1. The monoisotopic (exact) mass is 509 g/mol. The molecule has 2 heterocycles. The highest BCUT2D eigenvalue weighted by Gasteiger charge is 2.23. The number of amides is 1. The number of aromatic nitrogens is 1. The molecule has 3 aromatic rings. The fourth-order valence-electron chi connectivity index (χ4n) is 3.95. The highest BCUT2D eigenvalue weighted by molar-refractivity contribution is 7.92. The maximum absolute atomic E-state index is 13.3. The van der Waals surface area contributed by atoms with Crippen molar-refractivity contribution in [2.75, 3.05) is 25.0 Å². The van der Waals surface area contributed by atoms with Gasteiger partial charge in [-0.05, 0) is 48.2 Å². The Morgan fingerprint density at radius 1 is 1.11 bits per heavy atom. The molecule has 1 aliphatic heterocycles. The maximum Gasteiger partial charge on any atom is 0.306 e. The van der Waals surface area contributed by atoms with E-state index in [4.69, 9.17) is 9.47 Å². The first-order valence-electron chi connectivity index (χ1n) is 11.5. The van der Waals surface area contributed by atoms with Crippen LogP contribution in [0.1, 0.15) is 35.0 Å². The second-order valence-corrected chi connectivity index (χ2v) is 9.85. The number of nitrogens with zero attached hydrogens (tertiary/aromatic N) is 1. The lowest BCUT2D eigenvalue weighted by Crippen LogP contribution is -2.32. The molecule has 0 spiro atoms. The minimum Gasteiger partial charge on any atom is -0.495 e. The number of carbonyl (C=O) groups is 2. The fourth-order valence-corrected chi connectivity index (χ4v) is 5.18. The molecule has 1 aliphatic rings. The highest BCUT2D eigenvalue weighted by atomic mass is 32.2. The number of rotatable bonds is 9. The van der Waals surface area contributed by atoms with Crippen molar-refractivity contribution in [2.24, 2.45) is 0 Å². The Bertz CT molecular complexity index is 1390. The molecule has 0 aliphatic carbocycles. The van der Waals surface area contributed by atoms with Gasteiger partial charge in [-0.25, -0.2) is 8.42 Å². The van der Waals surface area contributed by atoms with Gasteiger partial charge in [-0.3, -0.25) is 19.3 Å². The predicted molar refractivity (Wildman–Crippen MR) is 134 cm³/mol. The first-order valence-corrected chi connectivity index (χ1v) is 13.0. The van der Waals surface area contributed by atoms with Crippen LogP contribution in [0.5, 0.6) is 5.75 Å². The average molecular weight is 510 g/mol. The number of pyridine rings is 1. The van der Waals surface area contributed by atoms with Gasteiger partial charge in [-0.2, -0.15) is 0 Å². The number of fused-ring (bicyclic) bond motifs is 1. The van der Waals surface area contributed by atoms with Gasteiger partial charge in [0.25, 0.3) is 15.9 Å². The van der Waals surface area contributed by atoms with E-state index in [2.05, 4.69) is 15.0 Å². The van der Waals surface area contributed by atoms with E-state index in [0.717, 1.165) is 11.1 Å². The van der Waals surface area contributed by atoms with Crippen LogP contribution >= 0.6 is 0 Å². The SMILES string of the molecule is CCOC(=O)CCc1ccc(-c2ccc(OC)c(S(=O)(=O)Nc3cnc4c(c3)C(=O)NCC4)c2)cc1. The lowest BCUT2D eigenvalue weighted by atomic mass is 10.0. The van der Waals surface area contributed by atoms with Gasteiger partial charge in [0.1, 0.15) is 10.6 Å². The zero-order chi connectivity index (χ0) is 25.7. The first kappa shape index (κ1) is 25.2. The minimum atomic E-state index is -4.06. The van der Waals surface area contributed by atoms with Crippen molar-refractivity contribution in [3.8, 4) is 16.9 Å². The Hall–Kier alpha value is -3.92. The van der Waals surface area contributed by atoms with Crippen LogP contribution in [0.4, 0.5) is 5.69 Å². The number of aryl methyl sites for hydroxylation is 1. The summed E-state index contributed by atoms with van der Waals surface area (Å²) in [6, 6.07) is 13.9. The molecule has 9 nitrogen and oxygen atoms in total. The normalized spacial score (nSPS) is 12.9. The first-order chi connectivity index (χ1) is 17.3. The number of nitrogens with one attached hydrogen (secondary N) is 2. The van der Waals surface area contributed by atoms with Crippen LogP contribution in [-0.4, -0.2) is 45.5 Å². The Labute approximate surface area is 209 Å². The van der Waals surface area contributed by atoms with Gasteiger partial charge >= 0.3 is 5.97 Å². The van der Waals surface area contributed by atoms with Gasteiger partial charge in [0, 0.05) is 19.4 Å². The average Bonchev–Trinajstić information content (AvgIpc) is 2.88. The van der Waals surface area contributed by atoms with Crippen LogP contribution in [0, 0.1) is 0 Å². The van der Waals surface area contributed by atoms with Gasteiger partial charge < -0.3 is 14.8 Å². The predicted octanol–water partition coefficient (Wildman–Crippen LogP) is 3.34. The quantitative estimate of drug-likeness (QED) is 0.424. The summed E-state index contributed by atoms with van der Waals surface area (Å²) < 4.78 is 39.4. The molecule has 0 fully saturated rings. The smallest absolute Gasteiger partial charge is 0.306 e. The minimum absolute atomic E-state index is 0.0453. The van der Waals surface area contributed by atoms with Crippen molar-refractivity contribution < 1.29 is 27.5 Å². The van der Waals surface area contributed by atoms with Gasteiger partial charge in [-0.15, -0.1) is 0 Å². The second-order valence-electron chi connectivity index (χ2n) is 8.20. The van der Waals surface area contributed by atoms with Crippen LogP contribution in [0.25, 0.3) is 11.1 Å². The summed E-state index contributed by atoms with van der Waals surface area (Å²) in [5.74, 6) is -0.343. The third-order valence-corrected chi connectivity index (χ3v) is 7.18. The van der Waals surface area contributed by atoms with Crippen molar-refractivity contribution in [1.29, 1.82) is 0 Å². The van der Waals surface area contributed by atoms with Crippen molar-refractivity contribution in [2.45, 2.75) is 31.1 Å². The van der Waals surface area contributed by atoms with E-state index in [1.54, 1.807) is 19.1 Å². The number of anilines is 1. The molecule has 188 valence electrons. The molecular formula is C26H27N3O6S. The molecule has 0 unspecified atom stereocenters. The van der Waals surface area contributed by atoms with Crippen LogP contribution in [-0.2, 0) is 32.4 Å². The molecule has 10 heteroatoms. The number of sulfonamides is 1. The molecular weight excluding hydrogens is 482 g/mol. The largest absolute Gasteiger partial charge is 0.495 e. The lowest BCUT2D eigenvalue weighted by molar-refractivity contribution is -0.143. The Morgan fingerprint density at radius 3 is 2.58 bits per heavy atom. The van der Waals surface area contributed by atoms with E-state index in [-0.39, 0.29) is 28.2 Å². The Kier molecular flexibility index (Phi) is 7.54. The third kappa shape index (κ3) is 5.65. The van der Waals surface area contributed by atoms with E-state index in [0.29, 0.717) is 49.2 Å². The zero-order valence-corrected chi connectivity index (χ0v) is 20.9. The molecule has 2 N–H and O–H groups in total. The van der Waals surface area contributed by atoms with Crippen molar-refractivity contribution in [1.82, 2.24) is 10.3 Å². The van der Waals surface area contributed by atoms with Crippen molar-refractivity contribution >= 4 is 27.6 Å². The third-order valence-electron chi connectivity index (χ3n) is 5.78. The van der Waals surface area contributed by atoms with Crippen LogP contribution in [0.15, 0.2) is 59.6 Å². The number of ether oxygens (including phenoxy) is 2. The highest BCUT2D eigenvalue weighted by Crippen LogP contribution is 2.32. The summed E-state index contributed by atoms with van der Waals surface area (Å²) in [7, 11) is -2.66. The second kappa shape index (κ2) is 10.8. The van der Waals surface area contributed by atoms with E-state index in [9.17, 15) is 18.0 Å². The summed E-state index contributed by atoms with van der Waals surface area (Å²) >= 11 is 0. The number of hydrogen-bond donors (Lipinski definition) is 2. The van der Waals surface area contributed by atoms with Gasteiger partial charge in [-0.1, -0.05) is 30.3 Å². The van der Waals surface area contributed by atoms with E-state index in [1.165, 1.54) is 25.4 Å². The summed E-state index contributed by atoms with van der Waals surface area (Å²) in [5, 5.41) is 2.73. The summed E-state index contributed by atoms with van der Waals surface area (Å²) in [6.45, 7) is 2.63. The fraction of sp³-hybridized carbons (Fsp3) is 0.269. The van der Waals surface area contributed by atoms with Gasteiger partial charge in [0.2, 0.25) is 0 Å². The van der Waals surface area contributed by atoms with Crippen molar-refractivity contribution in [3.05, 3.63) is 71.5 Å². The maximum atomic E-state index is 13.3. The summed E-state index contributed by atoms with van der Waals surface area (Å²) in [5.41, 5.74) is 3.62. The van der Waals surface area contributed by atoms with Crippen LogP contribution in [0.3, 0.4) is 0 Å². The van der Waals surface area contributed by atoms with Crippen LogP contribution in [0.2, 0.25) is 0 Å². The topological polar surface area (TPSA) is 124 Å². The standard InChI is InChI=1S/C26H27N3O6S/c1-3-35-25(30)11-6-17-4-7-18(8-5-17)19-9-10-23(34-2)24(14-19)36(32,33)29-20-15-21-22(28-16-20)12-13-27-26(21)31/h4-5,7-10,14-16,29H,3,6,11-13H2,1-2H3,(H,27,31). The Balaban J connectivity index is 1.57.